The lowest BCUT2D eigenvalue weighted by molar-refractivity contribution is 0.0516. The first-order chi connectivity index (χ1) is 10.3. The van der Waals surface area contributed by atoms with Gasteiger partial charge >= 0.3 is 0 Å². The van der Waals surface area contributed by atoms with Crippen molar-refractivity contribution in [2.75, 3.05) is 20.3 Å². The number of nitrogens with zero attached hydrogens (tertiary/aromatic N) is 2. The highest BCUT2D eigenvalue weighted by molar-refractivity contribution is 5.23. The summed E-state index contributed by atoms with van der Waals surface area (Å²) in [6.45, 7) is 3.50. The molecule has 1 aliphatic heterocycles. The van der Waals surface area contributed by atoms with Crippen LogP contribution in [0.5, 0.6) is 0 Å². The molecule has 2 atom stereocenters. The Morgan fingerprint density at radius 2 is 2.10 bits per heavy atom. The van der Waals surface area contributed by atoms with Crippen molar-refractivity contribution in [2.24, 2.45) is 0 Å². The maximum Gasteiger partial charge on any atom is 0.233 e. The fourth-order valence-electron chi connectivity index (χ4n) is 2.71. The number of benzene rings is 1. The predicted molar refractivity (Wildman–Crippen MR) is 79.3 cm³/mol. The maximum atomic E-state index is 5.54. The summed E-state index contributed by atoms with van der Waals surface area (Å²) in [5, 5.41) is 7.42. The van der Waals surface area contributed by atoms with E-state index < -0.39 is 0 Å². The van der Waals surface area contributed by atoms with Crippen molar-refractivity contribution in [1.29, 1.82) is 0 Å². The van der Waals surface area contributed by atoms with Gasteiger partial charge in [0.05, 0.1) is 12.5 Å². The van der Waals surface area contributed by atoms with Gasteiger partial charge in [0, 0.05) is 19.1 Å². The van der Waals surface area contributed by atoms with Crippen LogP contribution in [-0.2, 0) is 11.2 Å². The topological polar surface area (TPSA) is 60.2 Å². The molecule has 2 heterocycles. The van der Waals surface area contributed by atoms with Gasteiger partial charge in [-0.25, -0.2) is 0 Å². The molecule has 0 amide bonds. The third kappa shape index (κ3) is 3.31. The highest BCUT2D eigenvalue weighted by atomic mass is 16.5. The second kappa shape index (κ2) is 6.37. The highest BCUT2D eigenvalue weighted by Gasteiger charge is 2.30. The van der Waals surface area contributed by atoms with Crippen LogP contribution in [0.2, 0.25) is 0 Å². The molecule has 2 unspecified atom stereocenters. The minimum atomic E-state index is 0.142. The van der Waals surface area contributed by atoms with Crippen molar-refractivity contribution in [1.82, 2.24) is 15.5 Å². The number of ether oxygens (including phenoxy) is 1. The van der Waals surface area contributed by atoms with Crippen LogP contribution in [0.1, 0.15) is 35.2 Å². The summed E-state index contributed by atoms with van der Waals surface area (Å²) >= 11 is 0. The quantitative estimate of drug-likeness (QED) is 0.932. The van der Waals surface area contributed by atoms with Crippen molar-refractivity contribution in [3.05, 3.63) is 47.1 Å². The number of aromatic nitrogens is 2. The minimum absolute atomic E-state index is 0.142. The van der Waals surface area contributed by atoms with Crippen molar-refractivity contribution in [2.45, 2.75) is 31.7 Å². The minimum Gasteiger partial charge on any atom is -0.381 e. The van der Waals surface area contributed by atoms with E-state index in [-0.39, 0.29) is 5.92 Å². The molecule has 2 aromatic rings. The van der Waals surface area contributed by atoms with E-state index in [0.29, 0.717) is 25.0 Å². The molecule has 0 radical (unpaired) electrons. The standard InChI is InChI=1S/C16H21N3O2/c1-11-3-5-12(6-4-11)9-15-18-16(21-19-15)13-10-20-8-7-14(13)17-2/h3-6,13-14,17H,7-10H2,1-2H3. The van der Waals surface area contributed by atoms with Crippen LogP contribution in [0.15, 0.2) is 28.8 Å². The molecule has 3 rings (SSSR count). The third-order valence-corrected chi connectivity index (χ3v) is 4.01. The lowest BCUT2D eigenvalue weighted by Crippen LogP contribution is -2.39. The zero-order chi connectivity index (χ0) is 14.7. The predicted octanol–water partition coefficient (Wildman–Crippen LogP) is 2.06. The normalized spacial score (nSPS) is 22.4. The van der Waals surface area contributed by atoms with E-state index in [1.165, 1.54) is 11.1 Å². The van der Waals surface area contributed by atoms with E-state index in [2.05, 4.69) is 46.6 Å². The number of hydrogen-bond donors (Lipinski definition) is 1. The van der Waals surface area contributed by atoms with Gasteiger partial charge < -0.3 is 14.6 Å². The fourth-order valence-corrected chi connectivity index (χ4v) is 2.71. The molecule has 1 saturated heterocycles. The fraction of sp³-hybridized carbons (Fsp3) is 0.500. The third-order valence-electron chi connectivity index (χ3n) is 4.01. The van der Waals surface area contributed by atoms with Crippen LogP contribution in [0.25, 0.3) is 0 Å². The van der Waals surface area contributed by atoms with Crippen LogP contribution in [0.4, 0.5) is 0 Å². The summed E-state index contributed by atoms with van der Waals surface area (Å²) in [6.07, 6.45) is 1.67. The zero-order valence-corrected chi connectivity index (χ0v) is 12.5. The van der Waals surface area contributed by atoms with Gasteiger partial charge in [-0.05, 0) is 26.0 Å². The Balaban J connectivity index is 1.72. The van der Waals surface area contributed by atoms with Crippen LogP contribution in [0.3, 0.4) is 0 Å². The van der Waals surface area contributed by atoms with Gasteiger partial charge in [-0.1, -0.05) is 35.0 Å². The largest absolute Gasteiger partial charge is 0.381 e. The first-order valence-corrected chi connectivity index (χ1v) is 7.39. The van der Waals surface area contributed by atoms with Crippen LogP contribution < -0.4 is 5.32 Å². The van der Waals surface area contributed by atoms with E-state index >= 15 is 0 Å². The summed E-state index contributed by atoms with van der Waals surface area (Å²) in [5.74, 6) is 1.55. The zero-order valence-electron chi connectivity index (χ0n) is 12.5. The van der Waals surface area contributed by atoms with Crippen molar-refractivity contribution < 1.29 is 9.26 Å². The second-order valence-electron chi connectivity index (χ2n) is 5.58. The average Bonchev–Trinajstić information content (AvgIpc) is 2.98. The molecule has 0 aliphatic carbocycles. The molecule has 112 valence electrons. The Hall–Kier alpha value is -1.72. The first-order valence-electron chi connectivity index (χ1n) is 7.39. The Bertz CT molecular complexity index is 579. The van der Waals surface area contributed by atoms with Gasteiger partial charge in [0.1, 0.15) is 0 Å². The summed E-state index contributed by atoms with van der Waals surface area (Å²) < 4.78 is 11.0. The molecule has 1 aliphatic rings. The Labute approximate surface area is 124 Å². The number of aryl methyl sites for hydroxylation is 1. The second-order valence-corrected chi connectivity index (χ2v) is 5.58. The molecule has 1 fully saturated rings. The number of likely N-dealkylation sites (N-methyl/N-ethyl adjacent to an activating group) is 1. The van der Waals surface area contributed by atoms with Crippen LogP contribution in [-0.4, -0.2) is 36.4 Å². The van der Waals surface area contributed by atoms with Gasteiger partial charge in [-0.3, -0.25) is 0 Å². The van der Waals surface area contributed by atoms with Gasteiger partial charge in [0.15, 0.2) is 5.82 Å². The van der Waals surface area contributed by atoms with Gasteiger partial charge in [-0.15, -0.1) is 0 Å². The maximum absolute atomic E-state index is 5.54. The van der Waals surface area contributed by atoms with E-state index in [1.807, 2.05) is 7.05 Å². The van der Waals surface area contributed by atoms with Crippen molar-refractivity contribution in [3.63, 3.8) is 0 Å². The number of nitrogens with one attached hydrogen (secondary N) is 1. The van der Waals surface area contributed by atoms with Crippen molar-refractivity contribution >= 4 is 0 Å². The van der Waals surface area contributed by atoms with Crippen LogP contribution >= 0.6 is 0 Å². The summed E-state index contributed by atoms with van der Waals surface area (Å²) in [4.78, 5) is 4.55. The van der Waals surface area contributed by atoms with E-state index in [9.17, 15) is 0 Å². The molecular weight excluding hydrogens is 266 g/mol. The van der Waals surface area contributed by atoms with Gasteiger partial charge in [0.2, 0.25) is 5.89 Å². The molecule has 1 aromatic heterocycles. The lowest BCUT2D eigenvalue weighted by Gasteiger charge is -2.28. The van der Waals surface area contributed by atoms with E-state index in [0.717, 1.165) is 18.9 Å². The molecule has 0 bridgehead atoms. The SMILES string of the molecule is CNC1CCOCC1c1nc(Cc2ccc(C)cc2)no1. The molecule has 5 heteroatoms. The van der Waals surface area contributed by atoms with Crippen LogP contribution in [0, 0.1) is 6.92 Å². The molecule has 21 heavy (non-hydrogen) atoms. The lowest BCUT2D eigenvalue weighted by atomic mass is 9.96. The number of hydrogen-bond acceptors (Lipinski definition) is 5. The molecular formula is C16H21N3O2. The first kappa shape index (κ1) is 14.2. The monoisotopic (exact) mass is 287 g/mol. The highest BCUT2D eigenvalue weighted by Crippen LogP contribution is 2.24. The Kier molecular flexibility index (Phi) is 4.31. The number of rotatable bonds is 4. The average molecular weight is 287 g/mol. The summed E-state index contributed by atoms with van der Waals surface area (Å²) in [6, 6.07) is 8.74. The Morgan fingerprint density at radius 3 is 2.86 bits per heavy atom. The molecule has 1 aromatic carbocycles. The molecule has 0 spiro atoms. The molecule has 0 saturated carbocycles. The summed E-state index contributed by atoms with van der Waals surface area (Å²) in [5.41, 5.74) is 2.45. The van der Waals surface area contributed by atoms with Crippen molar-refractivity contribution in [3.8, 4) is 0 Å². The van der Waals surface area contributed by atoms with Gasteiger partial charge in [0.25, 0.3) is 0 Å². The van der Waals surface area contributed by atoms with E-state index in [4.69, 9.17) is 9.26 Å². The Morgan fingerprint density at radius 1 is 1.29 bits per heavy atom. The van der Waals surface area contributed by atoms with Gasteiger partial charge in [-0.2, -0.15) is 4.98 Å². The molecule has 1 N–H and O–H groups in total. The summed E-state index contributed by atoms with van der Waals surface area (Å²) in [7, 11) is 1.96. The molecule has 5 nitrogen and oxygen atoms in total. The smallest absolute Gasteiger partial charge is 0.233 e. The van der Waals surface area contributed by atoms with E-state index in [1.54, 1.807) is 0 Å².